The average molecular weight is 438 g/mol. The van der Waals surface area contributed by atoms with Gasteiger partial charge in [-0.1, -0.05) is 12.1 Å². The van der Waals surface area contributed by atoms with Crippen LogP contribution in [-0.4, -0.2) is 46.5 Å². The number of rotatable bonds is 4. The number of hydrogen-bond donors (Lipinski definition) is 1. The third kappa shape index (κ3) is 4.29. The molecule has 1 saturated heterocycles. The normalized spacial score (nSPS) is 13.9. The van der Waals surface area contributed by atoms with E-state index >= 15 is 0 Å². The largest absolute Gasteiger partial charge is 0.465 e. The Bertz CT molecular complexity index is 1250. The first-order valence-electron chi connectivity index (χ1n) is 10.2. The third-order valence-electron chi connectivity index (χ3n) is 5.59. The molecule has 1 aromatic heterocycles. The lowest BCUT2D eigenvalue weighted by Crippen LogP contribution is -2.35. The van der Waals surface area contributed by atoms with Crippen LogP contribution in [0.1, 0.15) is 45.5 Å². The van der Waals surface area contributed by atoms with Gasteiger partial charge in [-0.15, -0.1) is 0 Å². The fourth-order valence-electron chi connectivity index (χ4n) is 3.86. The monoisotopic (exact) mass is 437 g/mol. The number of aromatic nitrogens is 2. The highest BCUT2D eigenvalue weighted by molar-refractivity contribution is 7.71. The molecule has 0 aliphatic carbocycles. The molecule has 1 aliphatic heterocycles. The summed E-state index contributed by atoms with van der Waals surface area (Å²) in [5, 5.41) is 0.429. The van der Waals surface area contributed by atoms with E-state index in [1.165, 1.54) is 18.1 Å². The predicted molar refractivity (Wildman–Crippen MR) is 120 cm³/mol. The molecule has 1 fully saturated rings. The van der Waals surface area contributed by atoms with E-state index in [4.69, 9.17) is 17.0 Å². The minimum Gasteiger partial charge on any atom is -0.465 e. The number of carbonyl (C=O) groups excluding carboxylic acids is 2. The summed E-state index contributed by atoms with van der Waals surface area (Å²) in [7, 11) is 1.30. The molecule has 2 aromatic carbocycles. The second kappa shape index (κ2) is 8.85. The number of amides is 1. The maximum Gasteiger partial charge on any atom is 0.337 e. The molecule has 0 spiro atoms. The van der Waals surface area contributed by atoms with E-state index in [0.717, 1.165) is 31.5 Å². The van der Waals surface area contributed by atoms with Crippen LogP contribution in [0.5, 0.6) is 0 Å². The van der Waals surface area contributed by atoms with Crippen molar-refractivity contribution in [3.05, 3.63) is 74.3 Å². The molecule has 1 aliphatic rings. The number of nitrogens with one attached hydrogen (secondary N) is 1. The van der Waals surface area contributed by atoms with E-state index in [1.54, 1.807) is 30.3 Å². The van der Waals surface area contributed by atoms with Crippen molar-refractivity contribution in [2.75, 3.05) is 20.2 Å². The molecule has 0 atom stereocenters. The van der Waals surface area contributed by atoms with Crippen molar-refractivity contribution in [1.82, 2.24) is 14.5 Å². The summed E-state index contributed by atoms with van der Waals surface area (Å²) in [5.41, 5.74) is 2.09. The summed E-state index contributed by atoms with van der Waals surface area (Å²) < 4.78 is 6.45. The van der Waals surface area contributed by atoms with Crippen LogP contribution in [0.15, 0.2) is 47.3 Å². The standard InChI is InChI=1S/C23H23N3O4S/c1-30-22(29)17-9-10-18-19(13-17)24-23(31)26(21(18)28)14-15-5-7-16(8-6-15)20(27)25-11-3-2-4-12-25/h5-10,13H,2-4,11-12,14H2,1H3,(H,24,31). The summed E-state index contributed by atoms with van der Waals surface area (Å²) in [4.78, 5) is 42.3. The van der Waals surface area contributed by atoms with Crippen LogP contribution in [0.2, 0.25) is 0 Å². The van der Waals surface area contributed by atoms with Crippen molar-refractivity contribution < 1.29 is 14.3 Å². The van der Waals surface area contributed by atoms with E-state index in [-0.39, 0.29) is 22.8 Å². The lowest BCUT2D eigenvalue weighted by Gasteiger charge is -2.26. The molecule has 0 saturated carbocycles. The van der Waals surface area contributed by atoms with E-state index in [9.17, 15) is 14.4 Å². The molecule has 1 N–H and O–H groups in total. The molecule has 0 bridgehead atoms. The summed E-state index contributed by atoms with van der Waals surface area (Å²) in [6.45, 7) is 1.89. The number of esters is 1. The molecule has 7 nitrogen and oxygen atoms in total. The number of aromatic amines is 1. The lowest BCUT2D eigenvalue weighted by molar-refractivity contribution is 0.0600. The van der Waals surface area contributed by atoms with E-state index < -0.39 is 5.97 Å². The third-order valence-corrected chi connectivity index (χ3v) is 5.91. The molecule has 8 heteroatoms. The van der Waals surface area contributed by atoms with Crippen molar-refractivity contribution in [1.29, 1.82) is 0 Å². The lowest BCUT2D eigenvalue weighted by atomic mass is 10.1. The summed E-state index contributed by atoms with van der Waals surface area (Å²) in [6.07, 6.45) is 3.27. The number of piperidine rings is 1. The molecule has 160 valence electrons. The average Bonchev–Trinajstić information content (AvgIpc) is 2.81. The smallest absolute Gasteiger partial charge is 0.337 e. The van der Waals surface area contributed by atoms with Crippen LogP contribution in [0.4, 0.5) is 0 Å². The second-order valence-corrected chi connectivity index (χ2v) is 8.01. The van der Waals surface area contributed by atoms with E-state index in [2.05, 4.69) is 4.98 Å². The molecule has 3 aromatic rings. The Morgan fingerprint density at radius 3 is 2.39 bits per heavy atom. The van der Waals surface area contributed by atoms with Crippen molar-refractivity contribution in [3.63, 3.8) is 0 Å². The topological polar surface area (TPSA) is 84.4 Å². The molecule has 0 radical (unpaired) electrons. The zero-order valence-corrected chi connectivity index (χ0v) is 18.0. The predicted octanol–water partition coefficient (Wildman–Crippen LogP) is 3.52. The molecule has 0 unspecified atom stereocenters. The number of nitrogens with zero attached hydrogens (tertiary/aromatic N) is 2. The Hall–Kier alpha value is -3.26. The SMILES string of the molecule is COC(=O)c1ccc2c(=O)n(Cc3ccc(C(=O)N4CCCCC4)cc3)c(=S)[nH]c2c1. The van der Waals surface area contributed by atoms with Gasteiger partial charge in [0, 0.05) is 18.7 Å². The molecular formula is C23H23N3O4S. The van der Waals surface area contributed by atoms with Gasteiger partial charge in [0.2, 0.25) is 0 Å². The van der Waals surface area contributed by atoms with Gasteiger partial charge in [-0.2, -0.15) is 0 Å². The first-order chi connectivity index (χ1) is 15.0. The van der Waals surface area contributed by atoms with Crippen LogP contribution < -0.4 is 5.56 Å². The Morgan fingerprint density at radius 2 is 1.71 bits per heavy atom. The zero-order chi connectivity index (χ0) is 22.0. The van der Waals surface area contributed by atoms with Crippen LogP contribution >= 0.6 is 12.2 Å². The van der Waals surface area contributed by atoms with Gasteiger partial charge < -0.3 is 14.6 Å². The second-order valence-electron chi connectivity index (χ2n) is 7.62. The van der Waals surface area contributed by atoms with Crippen LogP contribution in [-0.2, 0) is 11.3 Å². The number of H-pyrrole nitrogens is 1. The number of fused-ring (bicyclic) bond motifs is 1. The van der Waals surface area contributed by atoms with Crippen LogP contribution in [0.25, 0.3) is 10.9 Å². The molecule has 1 amide bonds. The fourth-order valence-corrected chi connectivity index (χ4v) is 4.12. The summed E-state index contributed by atoms with van der Waals surface area (Å²) in [5.74, 6) is -0.433. The zero-order valence-electron chi connectivity index (χ0n) is 17.2. The maximum atomic E-state index is 13.0. The van der Waals surface area contributed by atoms with E-state index in [0.29, 0.717) is 22.0 Å². The van der Waals surface area contributed by atoms with Crippen molar-refractivity contribution >= 4 is 35.0 Å². The minimum atomic E-state index is -0.482. The van der Waals surface area contributed by atoms with Crippen LogP contribution in [0, 0.1) is 4.77 Å². The van der Waals surface area contributed by atoms with E-state index in [1.807, 2.05) is 17.0 Å². The number of methoxy groups -OCH3 is 1. The minimum absolute atomic E-state index is 0.0489. The highest BCUT2D eigenvalue weighted by Gasteiger charge is 2.18. The van der Waals surface area contributed by atoms with Gasteiger partial charge in [-0.25, -0.2) is 4.79 Å². The fraction of sp³-hybridized carbons (Fsp3) is 0.304. The highest BCUT2D eigenvalue weighted by atomic mass is 32.1. The molecule has 31 heavy (non-hydrogen) atoms. The number of hydrogen-bond acceptors (Lipinski definition) is 5. The highest BCUT2D eigenvalue weighted by Crippen LogP contribution is 2.15. The Morgan fingerprint density at radius 1 is 1.03 bits per heavy atom. The van der Waals surface area contributed by atoms with Crippen molar-refractivity contribution in [2.45, 2.75) is 25.8 Å². The Labute approximate surface area is 184 Å². The summed E-state index contributed by atoms with van der Waals surface area (Å²) >= 11 is 5.39. The van der Waals surface area contributed by atoms with Gasteiger partial charge in [0.05, 0.1) is 30.1 Å². The quantitative estimate of drug-likeness (QED) is 0.499. The van der Waals surface area contributed by atoms with Gasteiger partial charge in [0.1, 0.15) is 0 Å². The first-order valence-corrected chi connectivity index (χ1v) is 10.6. The van der Waals surface area contributed by atoms with Crippen molar-refractivity contribution in [2.24, 2.45) is 0 Å². The molecular weight excluding hydrogens is 414 g/mol. The van der Waals surface area contributed by atoms with Gasteiger partial charge in [0.25, 0.3) is 11.5 Å². The first kappa shape index (κ1) is 21.0. The molecule has 4 rings (SSSR count). The van der Waals surface area contributed by atoms with Gasteiger partial charge in [-0.3, -0.25) is 14.2 Å². The van der Waals surface area contributed by atoms with Crippen LogP contribution in [0.3, 0.4) is 0 Å². The molecule has 2 heterocycles. The number of ether oxygens (including phenoxy) is 1. The maximum absolute atomic E-state index is 13.0. The Balaban J connectivity index is 1.59. The van der Waals surface area contributed by atoms with Gasteiger partial charge >= 0.3 is 5.97 Å². The van der Waals surface area contributed by atoms with Gasteiger partial charge in [-0.05, 0) is 67.4 Å². The summed E-state index contributed by atoms with van der Waals surface area (Å²) in [6, 6.07) is 12.0. The number of carbonyl (C=O) groups is 2. The Kier molecular flexibility index (Phi) is 5.99. The number of likely N-dealkylation sites (tertiary alicyclic amines) is 1. The number of benzene rings is 2. The van der Waals surface area contributed by atoms with Gasteiger partial charge in [0.15, 0.2) is 4.77 Å². The van der Waals surface area contributed by atoms with Crippen molar-refractivity contribution in [3.8, 4) is 0 Å².